The van der Waals surface area contributed by atoms with E-state index in [2.05, 4.69) is 0 Å². The lowest BCUT2D eigenvalue weighted by Crippen LogP contribution is -2.44. The van der Waals surface area contributed by atoms with Gasteiger partial charge < -0.3 is 5.11 Å². The number of hydrogen-bond donors (Lipinski definition) is 2. The molecule has 0 saturated heterocycles. The maximum atomic E-state index is 13.0. The summed E-state index contributed by atoms with van der Waals surface area (Å²) in [6, 6.07) is 0.377. The number of hydrogen-bond acceptors (Lipinski definition) is 3. The van der Waals surface area contributed by atoms with Gasteiger partial charge in [0.25, 0.3) is 0 Å². The van der Waals surface area contributed by atoms with Crippen molar-refractivity contribution in [1.29, 1.82) is 0 Å². The number of sulfonamides is 1. The average molecular weight is 293 g/mol. The van der Waals surface area contributed by atoms with E-state index < -0.39 is 44.5 Å². The second-order valence-corrected chi connectivity index (χ2v) is 6.00. The van der Waals surface area contributed by atoms with Gasteiger partial charge in [-0.15, -0.1) is 0 Å². The van der Waals surface area contributed by atoms with Crippen molar-refractivity contribution in [3.8, 4) is 0 Å². The number of carboxylic acids is 1. The molecule has 0 aliphatic carbocycles. The molecule has 8 heteroatoms. The molecule has 0 amide bonds. The van der Waals surface area contributed by atoms with Gasteiger partial charge in [-0.2, -0.15) is 4.72 Å². The summed E-state index contributed by atoms with van der Waals surface area (Å²) in [6.07, 6.45) is 0. The number of carbonyl (C=O) groups is 1. The van der Waals surface area contributed by atoms with E-state index in [1.807, 2.05) is 4.72 Å². The molecule has 1 rings (SSSR count). The molecule has 106 valence electrons. The Kier molecular flexibility index (Phi) is 4.59. The van der Waals surface area contributed by atoms with Crippen molar-refractivity contribution in [2.45, 2.75) is 24.8 Å². The van der Waals surface area contributed by atoms with E-state index in [0.717, 1.165) is 0 Å². The molecule has 1 aromatic rings. The third-order valence-electron chi connectivity index (χ3n) is 2.36. The highest BCUT2D eigenvalue weighted by atomic mass is 32.2. The van der Waals surface area contributed by atoms with Gasteiger partial charge in [0.05, 0.1) is 4.90 Å². The molecule has 2 N–H and O–H groups in total. The van der Waals surface area contributed by atoms with E-state index in [1.54, 1.807) is 0 Å². The van der Waals surface area contributed by atoms with Crippen LogP contribution in [0, 0.1) is 17.6 Å². The van der Waals surface area contributed by atoms with E-state index in [9.17, 15) is 22.0 Å². The Hall–Kier alpha value is -1.54. The zero-order valence-electron chi connectivity index (χ0n) is 10.2. The predicted octanol–water partition coefficient (Wildman–Crippen LogP) is 1.35. The van der Waals surface area contributed by atoms with Gasteiger partial charge in [-0.25, -0.2) is 17.2 Å². The van der Waals surface area contributed by atoms with Crippen LogP contribution in [0.5, 0.6) is 0 Å². The lowest BCUT2D eigenvalue weighted by atomic mass is 10.1. The Balaban J connectivity index is 3.13. The van der Waals surface area contributed by atoms with Crippen LogP contribution in [0.3, 0.4) is 0 Å². The van der Waals surface area contributed by atoms with Crippen molar-refractivity contribution >= 4 is 16.0 Å². The highest BCUT2D eigenvalue weighted by Gasteiger charge is 2.28. The Morgan fingerprint density at radius 3 is 2.05 bits per heavy atom. The van der Waals surface area contributed by atoms with Crippen molar-refractivity contribution in [2.24, 2.45) is 5.92 Å². The number of carboxylic acid groups (broad SMARTS) is 1. The molecule has 0 aliphatic rings. The topological polar surface area (TPSA) is 83.5 Å². The van der Waals surface area contributed by atoms with Gasteiger partial charge in [0, 0.05) is 6.07 Å². The molecule has 1 atom stereocenters. The molecule has 0 fully saturated rings. The Bertz CT molecular complexity index is 566. The first kappa shape index (κ1) is 15.5. The van der Waals surface area contributed by atoms with Gasteiger partial charge in [0.1, 0.15) is 17.7 Å². The van der Waals surface area contributed by atoms with Crippen molar-refractivity contribution in [2.75, 3.05) is 0 Å². The van der Waals surface area contributed by atoms with E-state index in [0.29, 0.717) is 18.2 Å². The maximum Gasteiger partial charge on any atom is 0.322 e. The molecule has 1 aromatic carbocycles. The quantitative estimate of drug-likeness (QED) is 0.858. The van der Waals surface area contributed by atoms with Crippen LogP contribution < -0.4 is 4.72 Å². The van der Waals surface area contributed by atoms with Gasteiger partial charge in [-0.05, 0) is 18.1 Å². The van der Waals surface area contributed by atoms with Crippen LogP contribution in [0.4, 0.5) is 8.78 Å². The number of aliphatic carboxylic acids is 1. The molecule has 0 heterocycles. The van der Waals surface area contributed by atoms with Crippen molar-refractivity contribution < 1.29 is 27.1 Å². The SMILES string of the molecule is CC(C)[C@@H](NS(=O)(=O)c1cc(F)cc(F)c1)C(=O)O. The fourth-order valence-electron chi connectivity index (χ4n) is 1.39. The fourth-order valence-corrected chi connectivity index (χ4v) is 2.77. The van der Waals surface area contributed by atoms with Crippen LogP contribution in [0.2, 0.25) is 0 Å². The first-order valence-corrected chi connectivity index (χ1v) is 6.83. The summed E-state index contributed by atoms with van der Waals surface area (Å²) in [4.78, 5) is 10.3. The minimum Gasteiger partial charge on any atom is -0.480 e. The first-order chi connectivity index (χ1) is 8.63. The summed E-state index contributed by atoms with van der Waals surface area (Å²) in [5.41, 5.74) is 0. The smallest absolute Gasteiger partial charge is 0.322 e. The summed E-state index contributed by atoms with van der Waals surface area (Å²) < 4.78 is 51.5. The average Bonchev–Trinajstić information content (AvgIpc) is 2.23. The molecular formula is C11H13F2NO4S. The molecule has 5 nitrogen and oxygen atoms in total. The highest BCUT2D eigenvalue weighted by molar-refractivity contribution is 7.89. The van der Waals surface area contributed by atoms with Crippen LogP contribution in [0.1, 0.15) is 13.8 Å². The summed E-state index contributed by atoms with van der Waals surface area (Å²) >= 11 is 0. The molecule has 0 aromatic heterocycles. The van der Waals surface area contributed by atoms with E-state index in [4.69, 9.17) is 5.11 Å². The van der Waals surface area contributed by atoms with Gasteiger partial charge in [0.2, 0.25) is 10.0 Å². The monoisotopic (exact) mass is 293 g/mol. The van der Waals surface area contributed by atoms with Crippen LogP contribution in [-0.4, -0.2) is 25.5 Å². The van der Waals surface area contributed by atoms with Gasteiger partial charge in [0.15, 0.2) is 0 Å². The predicted molar refractivity (Wildman–Crippen MR) is 62.9 cm³/mol. The Morgan fingerprint density at radius 2 is 1.68 bits per heavy atom. The summed E-state index contributed by atoms with van der Waals surface area (Å²) in [5.74, 6) is -4.00. The van der Waals surface area contributed by atoms with Gasteiger partial charge in [-0.3, -0.25) is 4.79 Å². The number of benzene rings is 1. The summed E-state index contributed by atoms with van der Waals surface area (Å²) in [7, 11) is -4.31. The molecule has 0 unspecified atom stereocenters. The summed E-state index contributed by atoms with van der Waals surface area (Å²) in [6.45, 7) is 3.01. The number of rotatable bonds is 5. The van der Waals surface area contributed by atoms with Crippen molar-refractivity contribution in [3.05, 3.63) is 29.8 Å². The van der Waals surface area contributed by atoms with E-state index in [-0.39, 0.29) is 0 Å². The minimum absolute atomic E-state index is 0.523. The molecule has 0 bridgehead atoms. The summed E-state index contributed by atoms with van der Waals surface area (Å²) in [5, 5.41) is 8.89. The maximum absolute atomic E-state index is 13.0. The third-order valence-corrected chi connectivity index (χ3v) is 3.78. The molecule has 0 radical (unpaired) electrons. The van der Waals surface area contributed by atoms with Crippen LogP contribution in [0.25, 0.3) is 0 Å². The van der Waals surface area contributed by atoms with E-state index >= 15 is 0 Å². The normalized spacial score (nSPS) is 13.5. The number of nitrogens with one attached hydrogen (secondary N) is 1. The second kappa shape index (κ2) is 5.62. The Morgan fingerprint density at radius 1 is 1.21 bits per heavy atom. The fraction of sp³-hybridized carbons (Fsp3) is 0.364. The molecule has 19 heavy (non-hydrogen) atoms. The first-order valence-electron chi connectivity index (χ1n) is 5.34. The van der Waals surface area contributed by atoms with Gasteiger partial charge in [-0.1, -0.05) is 13.8 Å². The molecule has 0 saturated carbocycles. The van der Waals surface area contributed by atoms with Crippen LogP contribution in [-0.2, 0) is 14.8 Å². The lowest BCUT2D eigenvalue weighted by molar-refractivity contribution is -0.140. The van der Waals surface area contributed by atoms with Crippen LogP contribution >= 0.6 is 0 Å². The van der Waals surface area contributed by atoms with Crippen LogP contribution in [0.15, 0.2) is 23.1 Å². The van der Waals surface area contributed by atoms with Crippen molar-refractivity contribution in [1.82, 2.24) is 4.72 Å². The molecular weight excluding hydrogens is 280 g/mol. The lowest BCUT2D eigenvalue weighted by Gasteiger charge is -2.18. The zero-order valence-corrected chi connectivity index (χ0v) is 11.0. The number of halogens is 2. The zero-order chi connectivity index (χ0) is 14.8. The standard InChI is InChI=1S/C11H13F2NO4S/c1-6(2)10(11(15)16)14-19(17,18)9-4-7(12)3-8(13)5-9/h3-6,10,14H,1-2H3,(H,15,16)/t10-/m1/s1. The largest absolute Gasteiger partial charge is 0.480 e. The second-order valence-electron chi connectivity index (χ2n) is 4.29. The Labute approximate surface area is 109 Å². The van der Waals surface area contributed by atoms with E-state index in [1.165, 1.54) is 13.8 Å². The molecule has 0 spiro atoms. The third kappa shape index (κ3) is 3.97. The minimum atomic E-state index is -4.31. The highest BCUT2D eigenvalue weighted by Crippen LogP contribution is 2.15. The molecule has 0 aliphatic heterocycles. The van der Waals surface area contributed by atoms with Crippen molar-refractivity contribution in [3.63, 3.8) is 0 Å². The van der Waals surface area contributed by atoms with Gasteiger partial charge >= 0.3 is 5.97 Å².